The van der Waals surface area contributed by atoms with Gasteiger partial charge in [-0.05, 0) is 48.0 Å². The largest absolute Gasteiger partial charge is 0.347 e. The molecule has 2 aromatic rings. The molecule has 0 aliphatic heterocycles. The van der Waals surface area contributed by atoms with Gasteiger partial charge < -0.3 is 9.88 Å². The molecule has 1 aromatic carbocycles. The SMILES string of the molecule is CCCCn1ccc2cc(CNCC(C)C)ccc21. The summed E-state index contributed by atoms with van der Waals surface area (Å²) in [6.07, 6.45) is 4.71. The van der Waals surface area contributed by atoms with E-state index in [-0.39, 0.29) is 0 Å². The fourth-order valence-electron chi connectivity index (χ4n) is 2.39. The van der Waals surface area contributed by atoms with Crippen LogP contribution in [0.3, 0.4) is 0 Å². The molecule has 19 heavy (non-hydrogen) atoms. The van der Waals surface area contributed by atoms with Crippen molar-refractivity contribution < 1.29 is 0 Å². The van der Waals surface area contributed by atoms with Crippen LogP contribution in [0, 0.1) is 5.92 Å². The average Bonchev–Trinajstić information content (AvgIpc) is 2.78. The van der Waals surface area contributed by atoms with E-state index >= 15 is 0 Å². The van der Waals surface area contributed by atoms with E-state index in [9.17, 15) is 0 Å². The highest BCUT2D eigenvalue weighted by Gasteiger charge is 2.02. The monoisotopic (exact) mass is 258 g/mol. The van der Waals surface area contributed by atoms with Crippen molar-refractivity contribution in [3.05, 3.63) is 36.0 Å². The summed E-state index contributed by atoms with van der Waals surface area (Å²) in [7, 11) is 0. The molecule has 2 nitrogen and oxygen atoms in total. The van der Waals surface area contributed by atoms with E-state index in [0.717, 1.165) is 19.6 Å². The van der Waals surface area contributed by atoms with E-state index in [2.05, 4.69) is 61.1 Å². The molecule has 0 spiro atoms. The second-order valence-corrected chi connectivity index (χ2v) is 5.78. The maximum Gasteiger partial charge on any atom is 0.0480 e. The number of fused-ring (bicyclic) bond motifs is 1. The van der Waals surface area contributed by atoms with Crippen LogP contribution in [-0.2, 0) is 13.1 Å². The fourth-order valence-corrected chi connectivity index (χ4v) is 2.39. The summed E-state index contributed by atoms with van der Waals surface area (Å²) >= 11 is 0. The molecule has 0 saturated carbocycles. The lowest BCUT2D eigenvalue weighted by Gasteiger charge is -2.08. The predicted octanol–water partition coefficient (Wildman–Crippen LogP) is 4.19. The number of nitrogens with zero attached hydrogens (tertiary/aromatic N) is 1. The van der Waals surface area contributed by atoms with Crippen molar-refractivity contribution in [3.63, 3.8) is 0 Å². The van der Waals surface area contributed by atoms with Gasteiger partial charge in [-0.3, -0.25) is 0 Å². The van der Waals surface area contributed by atoms with E-state index in [1.54, 1.807) is 0 Å². The number of unbranched alkanes of at least 4 members (excludes halogenated alkanes) is 1. The quantitative estimate of drug-likeness (QED) is 0.788. The summed E-state index contributed by atoms with van der Waals surface area (Å²) in [5.74, 6) is 0.707. The maximum atomic E-state index is 3.50. The molecule has 0 atom stereocenters. The molecule has 1 heterocycles. The third-order valence-electron chi connectivity index (χ3n) is 3.47. The molecule has 2 heteroatoms. The van der Waals surface area contributed by atoms with E-state index in [1.165, 1.54) is 29.3 Å². The fraction of sp³-hybridized carbons (Fsp3) is 0.529. The average molecular weight is 258 g/mol. The molecule has 104 valence electrons. The normalized spacial score (nSPS) is 11.6. The van der Waals surface area contributed by atoms with E-state index in [1.807, 2.05) is 0 Å². The van der Waals surface area contributed by atoms with Crippen LogP contribution in [0.25, 0.3) is 10.9 Å². The Hall–Kier alpha value is -1.28. The zero-order valence-corrected chi connectivity index (χ0v) is 12.4. The summed E-state index contributed by atoms with van der Waals surface area (Å²) in [6.45, 7) is 9.90. The van der Waals surface area contributed by atoms with Crippen molar-refractivity contribution in [2.75, 3.05) is 6.54 Å². The standard InChI is InChI=1S/C17H26N2/c1-4-5-9-19-10-8-16-11-15(6-7-17(16)19)13-18-12-14(2)3/h6-8,10-11,14,18H,4-5,9,12-13H2,1-3H3. The Morgan fingerprint density at radius 3 is 2.79 bits per heavy atom. The van der Waals surface area contributed by atoms with Crippen LogP contribution < -0.4 is 5.32 Å². The number of benzene rings is 1. The Bertz CT molecular complexity index is 511. The van der Waals surface area contributed by atoms with E-state index in [0.29, 0.717) is 5.92 Å². The van der Waals surface area contributed by atoms with Crippen molar-refractivity contribution in [3.8, 4) is 0 Å². The lowest BCUT2D eigenvalue weighted by atomic mass is 10.1. The first-order valence-electron chi connectivity index (χ1n) is 7.49. The predicted molar refractivity (Wildman–Crippen MR) is 83.4 cm³/mol. The summed E-state index contributed by atoms with van der Waals surface area (Å²) in [5, 5.41) is 4.86. The molecule has 2 rings (SSSR count). The molecule has 0 radical (unpaired) electrons. The topological polar surface area (TPSA) is 17.0 Å². The van der Waals surface area contributed by atoms with Gasteiger partial charge in [0.15, 0.2) is 0 Å². The lowest BCUT2D eigenvalue weighted by Crippen LogP contribution is -2.18. The minimum Gasteiger partial charge on any atom is -0.347 e. The van der Waals surface area contributed by atoms with Crippen LogP contribution in [0.4, 0.5) is 0 Å². The minimum absolute atomic E-state index is 0.707. The van der Waals surface area contributed by atoms with Gasteiger partial charge in [-0.1, -0.05) is 33.3 Å². The number of rotatable bonds is 7. The van der Waals surface area contributed by atoms with Crippen molar-refractivity contribution >= 4 is 10.9 Å². The van der Waals surface area contributed by atoms with Crippen molar-refractivity contribution in [1.82, 2.24) is 9.88 Å². The number of aromatic nitrogens is 1. The number of hydrogen-bond donors (Lipinski definition) is 1. The van der Waals surface area contributed by atoms with E-state index in [4.69, 9.17) is 0 Å². The minimum atomic E-state index is 0.707. The molecule has 0 aliphatic rings. The third kappa shape index (κ3) is 3.84. The van der Waals surface area contributed by atoms with Gasteiger partial charge in [-0.15, -0.1) is 0 Å². The highest BCUT2D eigenvalue weighted by Crippen LogP contribution is 2.18. The van der Waals surface area contributed by atoms with Gasteiger partial charge in [0.2, 0.25) is 0 Å². The Morgan fingerprint density at radius 1 is 1.21 bits per heavy atom. The number of aryl methyl sites for hydroxylation is 1. The molecule has 0 unspecified atom stereocenters. The molecule has 1 N–H and O–H groups in total. The van der Waals surface area contributed by atoms with Crippen LogP contribution in [0.15, 0.2) is 30.5 Å². The molecule has 1 aromatic heterocycles. The zero-order chi connectivity index (χ0) is 13.7. The van der Waals surface area contributed by atoms with Gasteiger partial charge in [0, 0.05) is 24.8 Å². The first kappa shape index (κ1) is 14.1. The Morgan fingerprint density at radius 2 is 2.05 bits per heavy atom. The molecular weight excluding hydrogens is 232 g/mol. The van der Waals surface area contributed by atoms with E-state index < -0.39 is 0 Å². The smallest absolute Gasteiger partial charge is 0.0480 e. The van der Waals surface area contributed by atoms with Gasteiger partial charge >= 0.3 is 0 Å². The first-order valence-corrected chi connectivity index (χ1v) is 7.49. The third-order valence-corrected chi connectivity index (χ3v) is 3.47. The Balaban J connectivity index is 2.05. The summed E-state index contributed by atoms with van der Waals surface area (Å²) < 4.78 is 2.37. The van der Waals surface area contributed by atoms with Gasteiger partial charge in [0.25, 0.3) is 0 Å². The van der Waals surface area contributed by atoms with Crippen LogP contribution in [0.2, 0.25) is 0 Å². The highest BCUT2D eigenvalue weighted by atomic mass is 14.9. The maximum absolute atomic E-state index is 3.50. The molecular formula is C17H26N2. The molecule has 0 amide bonds. The first-order chi connectivity index (χ1) is 9.20. The van der Waals surface area contributed by atoms with Crippen LogP contribution in [0.5, 0.6) is 0 Å². The van der Waals surface area contributed by atoms with Crippen LogP contribution >= 0.6 is 0 Å². The van der Waals surface area contributed by atoms with Crippen molar-refractivity contribution in [2.45, 2.75) is 46.7 Å². The van der Waals surface area contributed by atoms with Crippen molar-refractivity contribution in [2.24, 2.45) is 5.92 Å². The van der Waals surface area contributed by atoms with Crippen molar-refractivity contribution in [1.29, 1.82) is 0 Å². The van der Waals surface area contributed by atoms with Crippen LogP contribution in [0.1, 0.15) is 39.2 Å². The van der Waals surface area contributed by atoms with Gasteiger partial charge in [-0.2, -0.15) is 0 Å². The number of hydrogen-bond acceptors (Lipinski definition) is 1. The van der Waals surface area contributed by atoms with Crippen LogP contribution in [-0.4, -0.2) is 11.1 Å². The number of nitrogens with one attached hydrogen (secondary N) is 1. The highest BCUT2D eigenvalue weighted by molar-refractivity contribution is 5.80. The molecule has 0 fully saturated rings. The molecule has 0 bridgehead atoms. The zero-order valence-electron chi connectivity index (χ0n) is 12.4. The summed E-state index contributed by atoms with van der Waals surface area (Å²) in [4.78, 5) is 0. The summed E-state index contributed by atoms with van der Waals surface area (Å²) in [5.41, 5.74) is 2.74. The molecule has 0 saturated heterocycles. The molecule has 0 aliphatic carbocycles. The van der Waals surface area contributed by atoms with Gasteiger partial charge in [0.1, 0.15) is 0 Å². The second kappa shape index (κ2) is 6.76. The Kier molecular flexibility index (Phi) is 5.03. The van der Waals surface area contributed by atoms with Gasteiger partial charge in [-0.25, -0.2) is 0 Å². The Labute approximate surface area is 116 Å². The summed E-state index contributed by atoms with van der Waals surface area (Å²) in [6, 6.07) is 9.05. The lowest BCUT2D eigenvalue weighted by molar-refractivity contribution is 0.552. The van der Waals surface area contributed by atoms with Gasteiger partial charge in [0.05, 0.1) is 0 Å². The second-order valence-electron chi connectivity index (χ2n) is 5.78.